The van der Waals surface area contributed by atoms with Crippen molar-refractivity contribution in [3.05, 3.63) is 12.1 Å². The summed E-state index contributed by atoms with van der Waals surface area (Å²) in [6, 6.07) is 3.56. The van der Waals surface area contributed by atoms with Gasteiger partial charge in [0.2, 0.25) is 11.7 Å². The maximum absolute atomic E-state index is 12.5. The van der Waals surface area contributed by atoms with Crippen LogP contribution >= 0.6 is 0 Å². The average molecular weight is 294 g/mol. The molecule has 1 saturated heterocycles. The zero-order valence-corrected chi connectivity index (χ0v) is 12.9. The van der Waals surface area contributed by atoms with E-state index in [4.69, 9.17) is 14.2 Å². The predicted octanol–water partition coefficient (Wildman–Crippen LogP) is 1.28. The monoisotopic (exact) mass is 294 g/mol. The van der Waals surface area contributed by atoms with E-state index >= 15 is 0 Å². The summed E-state index contributed by atoms with van der Waals surface area (Å²) in [6.07, 6.45) is 0.869. The Balaban J connectivity index is 2.31. The summed E-state index contributed by atoms with van der Waals surface area (Å²) in [5.41, 5.74) is 0.724. The molecule has 0 spiro atoms. The van der Waals surface area contributed by atoms with E-state index in [9.17, 15) is 4.79 Å². The standard InChI is InChI=1S/C15H22N2O4/c1-17(15(18)10-5-6-16-9-10)11-7-12(19-2)14(21-4)13(8-11)20-3/h7-8,10,16H,5-6,9H2,1-4H3. The summed E-state index contributed by atoms with van der Waals surface area (Å²) in [5, 5.41) is 3.21. The van der Waals surface area contributed by atoms with E-state index in [0.29, 0.717) is 17.2 Å². The number of carbonyl (C=O) groups is 1. The van der Waals surface area contributed by atoms with Crippen molar-refractivity contribution in [2.75, 3.05) is 46.4 Å². The van der Waals surface area contributed by atoms with Crippen molar-refractivity contribution in [1.29, 1.82) is 0 Å². The first kappa shape index (κ1) is 15.4. The highest BCUT2D eigenvalue weighted by Crippen LogP contribution is 2.41. The highest BCUT2D eigenvalue weighted by molar-refractivity contribution is 5.95. The number of anilines is 1. The van der Waals surface area contributed by atoms with Crippen molar-refractivity contribution in [2.45, 2.75) is 6.42 Å². The normalized spacial score (nSPS) is 17.4. The molecule has 1 fully saturated rings. The maximum atomic E-state index is 12.5. The van der Waals surface area contributed by atoms with Gasteiger partial charge in [-0.1, -0.05) is 0 Å². The van der Waals surface area contributed by atoms with Gasteiger partial charge in [0.1, 0.15) is 0 Å². The second-order valence-corrected chi connectivity index (χ2v) is 4.97. The zero-order valence-electron chi connectivity index (χ0n) is 12.9. The third-order valence-corrected chi connectivity index (χ3v) is 3.78. The lowest BCUT2D eigenvalue weighted by molar-refractivity contribution is -0.121. The van der Waals surface area contributed by atoms with Gasteiger partial charge >= 0.3 is 0 Å². The lowest BCUT2D eigenvalue weighted by atomic mass is 10.1. The fourth-order valence-corrected chi connectivity index (χ4v) is 2.53. The van der Waals surface area contributed by atoms with E-state index in [2.05, 4.69) is 5.32 Å². The van der Waals surface area contributed by atoms with Crippen molar-refractivity contribution >= 4 is 11.6 Å². The van der Waals surface area contributed by atoms with Gasteiger partial charge in [0.15, 0.2) is 11.5 Å². The van der Waals surface area contributed by atoms with Crippen LogP contribution < -0.4 is 24.4 Å². The van der Waals surface area contributed by atoms with Crippen molar-refractivity contribution in [2.24, 2.45) is 5.92 Å². The molecule has 1 aliphatic heterocycles. The van der Waals surface area contributed by atoms with Crippen LogP contribution in [0.4, 0.5) is 5.69 Å². The number of hydrogen-bond acceptors (Lipinski definition) is 5. The van der Waals surface area contributed by atoms with Crippen molar-refractivity contribution in [3.8, 4) is 17.2 Å². The van der Waals surface area contributed by atoms with Gasteiger partial charge in [-0.05, 0) is 13.0 Å². The van der Waals surface area contributed by atoms with E-state index in [1.165, 1.54) is 0 Å². The van der Waals surface area contributed by atoms with Crippen LogP contribution in [0.3, 0.4) is 0 Å². The third-order valence-electron chi connectivity index (χ3n) is 3.78. The number of methoxy groups -OCH3 is 3. The topological polar surface area (TPSA) is 60.0 Å². The Labute approximate surface area is 125 Å². The first-order chi connectivity index (χ1) is 10.1. The van der Waals surface area contributed by atoms with E-state index in [-0.39, 0.29) is 11.8 Å². The van der Waals surface area contributed by atoms with Crippen LogP contribution in [0.5, 0.6) is 17.2 Å². The van der Waals surface area contributed by atoms with Gasteiger partial charge in [0.25, 0.3) is 0 Å². The van der Waals surface area contributed by atoms with Crippen LogP contribution in [0.25, 0.3) is 0 Å². The quantitative estimate of drug-likeness (QED) is 0.886. The Hall–Kier alpha value is -1.95. The van der Waals surface area contributed by atoms with Crippen LogP contribution in [0.1, 0.15) is 6.42 Å². The number of hydrogen-bond donors (Lipinski definition) is 1. The van der Waals surface area contributed by atoms with Crippen molar-refractivity contribution < 1.29 is 19.0 Å². The van der Waals surface area contributed by atoms with Gasteiger partial charge < -0.3 is 24.4 Å². The van der Waals surface area contributed by atoms with Gasteiger partial charge in [0.05, 0.1) is 32.9 Å². The van der Waals surface area contributed by atoms with Gasteiger partial charge in [0, 0.05) is 25.7 Å². The summed E-state index contributed by atoms with van der Waals surface area (Å²) in [5.74, 6) is 1.71. The van der Waals surface area contributed by atoms with Gasteiger partial charge in [-0.15, -0.1) is 0 Å². The average Bonchev–Trinajstić information content (AvgIpc) is 3.06. The molecule has 116 valence electrons. The van der Waals surface area contributed by atoms with Crippen LogP contribution in [-0.4, -0.2) is 47.4 Å². The minimum atomic E-state index is 0.0223. The molecule has 1 N–H and O–H groups in total. The molecular formula is C15H22N2O4. The van der Waals surface area contributed by atoms with Crippen molar-refractivity contribution in [1.82, 2.24) is 5.32 Å². The molecule has 1 heterocycles. The van der Waals surface area contributed by atoms with Crippen LogP contribution in [-0.2, 0) is 4.79 Å². The van der Waals surface area contributed by atoms with Gasteiger partial charge in [-0.3, -0.25) is 4.79 Å². The molecule has 1 unspecified atom stereocenters. The van der Waals surface area contributed by atoms with E-state index in [1.807, 2.05) is 0 Å². The first-order valence-electron chi connectivity index (χ1n) is 6.90. The molecule has 0 saturated carbocycles. The minimum Gasteiger partial charge on any atom is -0.493 e. The Bertz CT molecular complexity index is 487. The largest absolute Gasteiger partial charge is 0.493 e. The molecule has 0 aromatic heterocycles. The summed E-state index contributed by atoms with van der Waals surface area (Å²) < 4.78 is 15.9. The van der Waals surface area contributed by atoms with Crippen LogP contribution in [0.15, 0.2) is 12.1 Å². The molecule has 21 heavy (non-hydrogen) atoms. The second-order valence-electron chi connectivity index (χ2n) is 4.97. The van der Waals surface area contributed by atoms with Gasteiger partial charge in [-0.25, -0.2) is 0 Å². The molecule has 6 nitrogen and oxygen atoms in total. The molecule has 6 heteroatoms. The summed E-state index contributed by atoms with van der Waals surface area (Å²) in [7, 11) is 6.44. The molecule has 0 bridgehead atoms. The summed E-state index contributed by atoms with van der Waals surface area (Å²) in [6.45, 7) is 1.62. The number of ether oxygens (including phenoxy) is 3. The number of nitrogens with zero attached hydrogens (tertiary/aromatic N) is 1. The SMILES string of the molecule is COc1cc(N(C)C(=O)C2CCNC2)cc(OC)c1OC. The van der Waals surface area contributed by atoms with Crippen LogP contribution in [0, 0.1) is 5.92 Å². The second kappa shape index (κ2) is 6.67. The highest BCUT2D eigenvalue weighted by atomic mass is 16.5. The van der Waals surface area contributed by atoms with E-state index in [1.54, 1.807) is 45.4 Å². The van der Waals surface area contributed by atoms with E-state index in [0.717, 1.165) is 25.2 Å². The Morgan fingerprint density at radius 3 is 2.24 bits per heavy atom. The third kappa shape index (κ3) is 3.05. The zero-order chi connectivity index (χ0) is 15.4. The molecule has 0 aliphatic carbocycles. The Morgan fingerprint density at radius 1 is 1.19 bits per heavy atom. The molecule has 1 aromatic rings. The molecule has 1 atom stereocenters. The predicted molar refractivity (Wildman–Crippen MR) is 80.5 cm³/mol. The smallest absolute Gasteiger partial charge is 0.231 e. The fraction of sp³-hybridized carbons (Fsp3) is 0.533. The van der Waals surface area contributed by atoms with Crippen LogP contribution in [0.2, 0.25) is 0 Å². The molecule has 0 radical (unpaired) electrons. The maximum Gasteiger partial charge on any atom is 0.231 e. The molecule has 1 aromatic carbocycles. The Morgan fingerprint density at radius 2 is 1.81 bits per heavy atom. The molecule has 1 aliphatic rings. The summed E-state index contributed by atoms with van der Waals surface area (Å²) >= 11 is 0. The number of carbonyl (C=O) groups excluding carboxylic acids is 1. The highest BCUT2D eigenvalue weighted by Gasteiger charge is 2.27. The lowest BCUT2D eigenvalue weighted by Crippen LogP contribution is -2.34. The fourth-order valence-electron chi connectivity index (χ4n) is 2.53. The number of nitrogens with one attached hydrogen (secondary N) is 1. The molecule has 2 rings (SSSR count). The van der Waals surface area contributed by atoms with Crippen molar-refractivity contribution in [3.63, 3.8) is 0 Å². The lowest BCUT2D eigenvalue weighted by Gasteiger charge is -2.23. The van der Waals surface area contributed by atoms with Gasteiger partial charge in [-0.2, -0.15) is 0 Å². The number of benzene rings is 1. The first-order valence-corrected chi connectivity index (χ1v) is 6.90. The molecule has 1 amide bonds. The van der Waals surface area contributed by atoms with E-state index < -0.39 is 0 Å². The number of rotatable bonds is 5. The molecular weight excluding hydrogens is 272 g/mol. The minimum absolute atomic E-state index is 0.0223. The number of amides is 1. The Kier molecular flexibility index (Phi) is 4.90. The summed E-state index contributed by atoms with van der Waals surface area (Å²) in [4.78, 5) is 14.1.